The summed E-state index contributed by atoms with van der Waals surface area (Å²) >= 11 is 13.6. The van der Waals surface area contributed by atoms with Gasteiger partial charge in [-0.05, 0) is 71.4 Å². The van der Waals surface area contributed by atoms with Crippen LogP contribution in [0.2, 0.25) is 10.0 Å². The van der Waals surface area contributed by atoms with E-state index in [1.807, 2.05) is 24.3 Å². The Bertz CT molecular complexity index is 1210. The third-order valence-corrected chi connectivity index (χ3v) is 6.35. The second-order valence-corrected chi connectivity index (χ2v) is 8.42. The van der Waals surface area contributed by atoms with Crippen LogP contribution >= 0.6 is 35.0 Å². The molecular formula is C23H17Cl2N3O3S. The molecule has 0 bridgehead atoms. The van der Waals surface area contributed by atoms with E-state index in [9.17, 15) is 4.79 Å². The summed E-state index contributed by atoms with van der Waals surface area (Å²) in [4.78, 5) is 15.1. The van der Waals surface area contributed by atoms with Crippen molar-refractivity contribution in [2.45, 2.75) is 6.54 Å². The molecule has 0 radical (unpaired) electrons. The van der Waals surface area contributed by atoms with Crippen LogP contribution in [0.1, 0.15) is 16.9 Å². The largest absolute Gasteiger partial charge is 0.497 e. The lowest BCUT2D eigenvalue weighted by atomic mass is 10.2. The smallest absolute Gasteiger partial charge is 0.267 e. The Hall–Kier alpha value is -3.00. The molecule has 0 spiro atoms. The van der Waals surface area contributed by atoms with Crippen LogP contribution in [0.4, 0.5) is 0 Å². The molecule has 1 aromatic heterocycles. The van der Waals surface area contributed by atoms with E-state index in [1.54, 1.807) is 56.0 Å². The van der Waals surface area contributed by atoms with Crippen LogP contribution in [0, 0.1) is 0 Å². The Balaban J connectivity index is 1.62. The number of thioether (sulfide) groups is 1. The molecule has 9 heteroatoms. The molecule has 6 nitrogen and oxygen atoms in total. The van der Waals surface area contributed by atoms with E-state index < -0.39 is 0 Å². The number of rotatable bonds is 6. The minimum Gasteiger partial charge on any atom is -0.497 e. The molecule has 2 heterocycles. The fourth-order valence-electron chi connectivity index (χ4n) is 2.89. The van der Waals surface area contributed by atoms with Crippen LogP contribution in [-0.4, -0.2) is 29.3 Å². The third kappa shape index (κ3) is 5.07. The van der Waals surface area contributed by atoms with E-state index in [4.69, 9.17) is 32.4 Å². The van der Waals surface area contributed by atoms with Gasteiger partial charge in [0, 0.05) is 0 Å². The Kier molecular flexibility index (Phi) is 6.99. The van der Waals surface area contributed by atoms with Gasteiger partial charge in [0.25, 0.3) is 5.91 Å². The van der Waals surface area contributed by atoms with E-state index >= 15 is 0 Å². The molecule has 1 fully saturated rings. The summed E-state index contributed by atoms with van der Waals surface area (Å²) in [5.74, 6) is 1.16. The van der Waals surface area contributed by atoms with Crippen LogP contribution in [0.25, 0.3) is 6.08 Å². The topological polar surface area (TPSA) is 67.4 Å². The first kappa shape index (κ1) is 22.2. The van der Waals surface area contributed by atoms with E-state index in [-0.39, 0.29) is 12.5 Å². The Morgan fingerprint density at radius 1 is 1.12 bits per heavy atom. The van der Waals surface area contributed by atoms with Gasteiger partial charge in [0.05, 0.1) is 41.1 Å². The van der Waals surface area contributed by atoms with Crippen molar-refractivity contribution in [3.63, 3.8) is 0 Å². The molecule has 1 amide bonds. The first-order valence-electron chi connectivity index (χ1n) is 9.48. The summed E-state index contributed by atoms with van der Waals surface area (Å²) in [6.07, 6.45) is 4.87. The lowest BCUT2D eigenvalue weighted by molar-refractivity contribution is -0.122. The van der Waals surface area contributed by atoms with Gasteiger partial charge in [0.15, 0.2) is 5.17 Å². The first-order chi connectivity index (χ1) is 15.5. The number of carbonyl (C=O) groups is 1. The van der Waals surface area contributed by atoms with Gasteiger partial charge in [0.1, 0.15) is 11.5 Å². The highest BCUT2D eigenvalue weighted by Crippen LogP contribution is 2.36. The van der Waals surface area contributed by atoms with Crippen LogP contribution < -0.4 is 4.74 Å². The molecule has 0 saturated carbocycles. The highest BCUT2D eigenvalue weighted by molar-refractivity contribution is 8.18. The molecule has 4 rings (SSSR count). The van der Waals surface area contributed by atoms with Gasteiger partial charge < -0.3 is 9.15 Å². The molecule has 0 N–H and O–H groups in total. The van der Waals surface area contributed by atoms with Gasteiger partial charge in [-0.1, -0.05) is 35.3 Å². The molecule has 1 aliphatic rings. The first-order valence-corrected chi connectivity index (χ1v) is 11.1. The number of carbonyl (C=O) groups excluding carboxylic acids is 1. The van der Waals surface area contributed by atoms with Crippen LogP contribution in [0.15, 0.2) is 80.4 Å². The molecule has 0 aliphatic carbocycles. The summed E-state index contributed by atoms with van der Waals surface area (Å²) in [7, 11) is 1.61. The molecular weight excluding hydrogens is 469 g/mol. The van der Waals surface area contributed by atoms with Gasteiger partial charge in [-0.3, -0.25) is 9.69 Å². The van der Waals surface area contributed by atoms with Gasteiger partial charge in [-0.25, -0.2) is 0 Å². The van der Waals surface area contributed by atoms with Crippen LogP contribution in [-0.2, 0) is 11.3 Å². The Morgan fingerprint density at radius 2 is 1.94 bits per heavy atom. The van der Waals surface area contributed by atoms with Crippen molar-refractivity contribution in [3.05, 3.63) is 92.7 Å². The SMILES string of the molecule is COc1ccc(/C=N\N=C2\S/C(=C\c3cccc(Cl)c3Cl)C(=O)N2Cc2ccco2)cc1. The molecule has 0 atom stereocenters. The highest BCUT2D eigenvalue weighted by atomic mass is 35.5. The normalized spacial score (nSPS) is 16.6. The minimum absolute atomic E-state index is 0.221. The van der Waals surface area contributed by atoms with Gasteiger partial charge in [0.2, 0.25) is 0 Å². The molecule has 162 valence electrons. The number of hydrogen-bond acceptors (Lipinski definition) is 6. The average Bonchev–Trinajstić information content (AvgIpc) is 3.42. The zero-order valence-corrected chi connectivity index (χ0v) is 19.2. The molecule has 0 unspecified atom stereocenters. The molecule has 32 heavy (non-hydrogen) atoms. The number of benzene rings is 2. The number of ether oxygens (including phenoxy) is 1. The van der Waals surface area contributed by atoms with Crippen molar-refractivity contribution in [2.24, 2.45) is 10.2 Å². The summed E-state index contributed by atoms with van der Waals surface area (Å²) in [6.45, 7) is 0.232. The maximum atomic E-state index is 13.1. The van der Waals surface area contributed by atoms with Crippen molar-refractivity contribution in [3.8, 4) is 5.75 Å². The maximum absolute atomic E-state index is 13.1. The van der Waals surface area contributed by atoms with Crippen LogP contribution in [0.5, 0.6) is 5.75 Å². The summed E-state index contributed by atoms with van der Waals surface area (Å²) < 4.78 is 10.6. The van der Waals surface area contributed by atoms with Crippen molar-refractivity contribution in [1.29, 1.82) is 0 Å². The van der Waals surface area contributed by atoms with Gasteiger partial charge in [-0.2, -0.15) is 5.10 Å². The number of nitrogens with zero attached hydrogens (tertiary/aromatic N) is 3. The number of amidine groups is 1. The maximum Gasteiger partial charge on any atom is 0.267 e. The van der Waals surface area contributed by atoms with E-state index in [1.165, 1.54) is 16.7 Å². The fraction of sp³-hybridized carbons (Fsp3) is 0.0870. The van der Waals surface area contributed by atoms with Crippen molar-refractivity contribution >= 4 is 58.3 Å². The summed E-state index contributed by atoms with van der Waals surface area (Å²) in [6, 6.07) is 16.2. The fourth-order valence-corrected chi connectivity index (χ4v) is 4.18. The number of amides is 1. The zero-order valence-electron chi connectivity index (χ0n) is 16.9. The number of hydrogen-bond donors (Lipinski definition) is 0. The van der Waals surface area contributed by atoms with Gasteiger partial charge in [-0.15, -0.1) is 5.10 Å². The zero-order chi connectivity index (χ0) is 22.5. The average molecular weight is 486 g/mol. The lowest BCUT2D eigenvalue weighted by Crippen LogP contribution is -2.28. The van der Waals surface area contributed by atoms with E-state index in [2.05, 4.69) is 10.2 Å². The van der Waals surface area contributed by atoms with Gasteiger partial charge >= 0.3 is 0 Å². The predicted octanol–water partition coefficient (Wildman–Crippen LogP) is 6.10. The van der Waals surface area contributed by atoms with Crippen molar-refractivity contribution in [2.75, 3.05) is 7.11 Å². The Labute approximate surface area is 199 Å². The monoisotopic (exact) mass is 485 g/mol. The second kappa shape index (κ2) is 10.1. The summed E-state index contributed by atoms with van der Waals surface area (Å²) in [5, 5.41) is 9.69. The summed E-state index contributed by atoms with van der Waals surface area (Å²) in [5.41, 5.74) is 1.50. The second-order valence-electron chi connectivity index (χ2n) is 6.62. The standard InChI is InChI=1S/C23H17Cl2N3O3S/c1-30-17-9-7-15(8-10-17)13-26-27-23-28(14-18-5-3-11-31-18)22(29)20(32-23)12-16-4-2-6-19(24)21(16)25/h2-13H,14H2,1H3/b20-12-,26-13-,27-23+. The third-order valence-electron chi connectivity index (χ3n) is 4.52. The number of methoxy groups -OCH3 is 1. The quantitative estimate of drug-likeness (QED) is 0.240. The van der Waals surface area contributed by atoms with Crippen molar-refractivity contribution in [1.82, 2.24) is 4.90 Å². The molecule has 2 aromatic carbocycles. The van der Waals surface area contributed by atoms with Crippen LogP contribution in [0.3, 0.4) is 0 Å². The van der Waals surface area contributed by atoms with E-state index in [0.29, 0.717) is 31.4 Å². The number of furan rings is 1. The minimum atomic E-state index is -0.221. The lowest BCUT2D eigenvalue weighted by Gasteiger charge is -2.12. The molecule has 1 aliphatic heterocycles. The predicted molar refractivity (Wildman–Crippen MR) is 129 cm³/mol. The van der Waals surface area contributed by atoms with Crippen molar-refractivity contribution < 1.29 is 13.9 Å². The molecule has 1 saturated heterocycles. The highest BCUT2D eigenvalue weighted by Gasteiger charge is 2.34. The van der Waals surface area contributed by atoms with E-state index in [0.717, 1.165) is 11.3 Å². The molecule has 3 aromatic rings. The number of halogens is 2. The Morgan fingerprint density at radius 3 is 2.66 bits per heavy atom.